The van der Waals surface area contributed by atoms with E-state index >= 15 is 0 Å². The van der Waals surface area contributed by atoms with E-state index in [0.29, 0.717) is 19.3 Å². The molecule has 0 atom stereocenters. The number of rotatable bonds is 7. The fourth-order valence-corrected chi connectivity index (χ4v) is 2.03. The van der Waals surface area contributed by atoms with E-state index in [0.717, 1.165) is 12.3 Å². The number of aryl methyl sites for hydroxylation is 1. The average Bonchev–Trinajstić information content (AvgIpc) is 3.16. The third-order valence-electron chi connectivity index (χ3n) is 3.25. The first-order chi connectivity index (χ1) is 9.44. The Morgan fingerprint density at radius 2 is 1.95 bits per heavy atom. The van der Waals surface area contributed by atoms with Crippen molar-refractivity contribution in [1.29, 1.82) is 0 Å². The molecule has 0 aliphatic heterocycles. The molecule has 0 bridgehead atoms. The Bertz CT molecular complexity index is 433. The van der Waals surface area contributed by atoms with Crippen LogP contribution in [0.15, 0.2) is 18.2 Å². The topological polar surface area (TPSA) is 30.5 Å². The minimum atomic E-state index is -0.104. The lowest BCUT2D eigenvalue weighted by Gasteiger charge is -2.20. The van der Waals surface area contributed by atoms with Gasteiger partial charge in [-0.1, -0.05) is 17.7 Å². The molecular weight excluding hydrogens is 250 g/mol. The average molecular weight is 277 g/mol. The second kappa shape index (κ2) is 6.59. The fraction of sp³-hybridized carbons (Fsp3) is 0.647. The third kappa shape index (κ3) is 5.51. The molecule has 112 valence electrons. The SMILES string of the molecule is Cc1ccc(OCCOC(C)(C)C)c(CNC2CC2)c1. The van der Waals surface area contributed by atoms with Gasteiger partial charge in [0.25, 0.3) is 0 Å². The predicted molar refractivity (Wildman–Crippen MR) is 82.2 cm³/mol. The third-order valence-corrected chi connectivity index (χ3v) is 3.25. The maximum absolute atomic E-state index is 5.88. The highest BCUT2D eigenvalue weighted by molar-refractivity contribution is 5.37. The van der Waals surface area contributed by atoms with Crippen molar-refractivity contribution >= 4 is 0 Å². The summed E-state index contributed by atoms with van der Waals surface area (Å²) in [4.78, 5) is 0. The zero-order chi connectivity index (χ0) is 14.6. The van der Waals surface area contributed by atoms with Crippen LogP contribution in [0.3, 0.4) is 0 Å². The Kier molecular flexibility index (Phi) is 5.06. The van der Waals surface area contributed by atoms with Crippen LogP contribution >= 0.6 is 0 Å². The van der Waals surface area contributed by atoms with Gasteiger partial charge in [0.05, 0.1) is 12.2 Å². The molecule has 0 amide bonds. The highest BCUT2D eigenvalue weighted by atomic mass is 16.5. The van der Waals surface area contributed by atoms with Gasteiger partial charge in [-0.3, -0.25) is 0 Å². The number of nitrogens with one attached hydrogen (secondary N) is 1. The monoisotopic (exact) mass is 277 g/mol. The first-order valence-electron chi connectivity index (χ1n) is 7.54. The van der Waals surface area contributed by atoms with E-state index in [1.54, 1.807) is 0 Å². The standard InChI is InChI=1S/C17H27NO2/c1-13-5-8-16(19-9-10-20-17(2,3)4)14(11-13)12-18-15-6-7-15/h5,8,11,15,18H,6-7,9-10,12H2,1-4H3. The van der Waals surface area contributed by atoms with Crippen LogP contribution in [0.1, 0.15) is 44.7 Å². The second-order valence-corrected chi connectivity index (χ2v) is 6.58. The van der Waals surface area contributed by atoms with E-state index in [-0.39, 0.29) is 5.60 Å². The summed E-state index contributed by atoms with van der Waals surface area (Å²) in [5, 5.41) is 3.54. The normalized spacial score (nSPS) is 15.4. The van der Waals surface area contributed by atoms with Gasteiger partial charge >= 0.3 is 0 Å². The largest absolute Gasteiger partial charge is 0.491 e. The van der Waals surface area contributed by atoms with Gasteiger partial charge in [0, 0.05) is 18.2 Å². The molecule has 0 saturated heterocycles. The van der Waals surface area contributed by atoms with Crippen molar-refractivity contribution < 1.29 is 9.47 Å². The molecule has 3 nitrogen and oxygen atoms in total. The quantitative estimate of drug-likeness (QED) is 0.774. The van der Waals surface area contributed by atoms with Crippen molar-refractivity contribution in [3.63, 3.8) is 0 Å². The van der Waals surface area contributed by atoms with E-state index in [2.05, 4.69) is 51.2 Å². The van der Waals surface area contributed by atoms with Crippen LogP contribution in [0.2, 0.25) is 0 Å². The van der Waals surface area contributed by atoms with Gasteiger partial charge in [-0.25, -0.2) is 0 Å². The van der Waals surface area contributed by atoms with Crippen molar-refractivity contribution in [2.45, 2.75) is 58.7 Å². The summed E-state index contributed by atoms with van der Waals surface area (Å²) >= 11 is 0. The Hall–Kier alpha value is -1.06. The lowest BCUT2D eigenvalue weighted by molar-refractivity contribution is -0.0164. The fourth-order valence-electron chi connectivity index (χ4n) is 2.03. The minimum absolute atomic E-state index is 0.104. The zero-order valence-corrected chi connectivity index (χ0v) is 13.2. The van der Waals surface area contributed by atoms with Crippen LogP contribution in [0.25, 0.3) is 0 Å². The van der Waals surface area contributed by atoms with Gasteiger partial charge in [-0.15, -0.1) is 0 Å². The number of ether oxygens (including phenoxy) is 2. The molecule has 1 fully saturated rings. The van der Waals surface area contributed by atoms with Gasteiger partial charge in [0.15, 0.2) is 0 Å². The lowest BCUT2D eigenvalue weighted by atomic mass is 10.1. The van der Waals surface area contributed by atoms with Crippen molar-refractivity contribution in [3.8, 4) is 5.75 Å². The number of benzene rings is 1. The van der Waals surface area contributed by atoms with Crippen molar-refractivity contribution in [3.05, 3.63) is 29.3 Å². The highest BCUT2D eigenvalue weighted by Crippen LogP contribution is 2.23. The summed E-state index contributed by atoms with van der Waals surface area (Å²) in [6, 6.07) is 7.08. The lowest BCUT2D eigenvalue weighted by Crippen LogP contribution is -2.23. The number of hydrogen-bond acceptors (Lipinski definition) is 3. The molecule has 0 aromatic heterocycles. The van der Waals surface area contributed by atoms with Gasteiger partial charge in [0.2, 0.25) is 0 Å². The van der Waals surface area contributed by atoms with E-state index < -0.39 is 0 Å². The first kappa shape index (κ1) is 15.3. The Morgan fingerprint density at radius 3 is 2.60 bits per heavy atom. The molecule has 0 heterocycles. The van der Waals surface area contributed by atoms with Gasteiger partial charge in [-0.2, -0.15) is 0 Å². The minimum Gasteiger partial charge on any atom is -0.491 e. The summed E-state index contributed by atoms with van der Waals surface area (Å²) in [5.41, 5.74) is 2.41. The van der Waals surface area contributed by atoms with Crippen molar-refractivity contribution in [2.75, 3.05) is 13.2 Å². The Labute approximate surface area is 122 Å². The smallest absolute Gasteiger partial charge is 0.123 e. The molecule has 0 spiro atoms. The van der Waals surface area contributed by atoms with E-state index in [1.165, 1.54) is 24.0 Å². The van der Waals surface area contributed by atoms with Crippen molar-refractivity contribution in [2.24, 2.45) is 0 Å². The molecule has 20 heavy (non-hydrogen) atoms. The van der Waals surface area contributed by atoms with Crippen LogP contribution in [0.4, 0.5) is 0 Å². The van der Waals surface area contributed by atoms with Gasteiger partial charge < -0.3 is 14.8 Å². The summed E-state index contributed by atoms with van der Waals surface area (Å²) in [7, 11) is 0. The van der Waals surface area contributed by atoms with Crippen LogP contribution in [0, 0.1) is 6.92 Å². The van der Waals surface area contributed by atoms with E-state index in [1.807, 2.05) is 0 Å². The molecule has 1 aromatic carbocycles. The highest BCUT2D eigenvalue weighted by Gasteiger charge is 2.20. The molecule has 2 rings (SSSR count). The molecule has 1 aromatic rings. The zero-order valence-electron chi connectivity index (χ0n) is 13.2. The predicted octanol–water partition coefficient (Wildman–Crippen LogP) is 3.44. The van der Waals surface area contributed by atoms with Crippen molar-refractivity contribution in [1.82, 2.24) is 5.32 Å². The van der Waals surface area contributed by atoms with Crippen LogP contribution in [0.5, 0.6) is 5.75 Å². The van der Waals surface area contributed by atoms with Gasteiger partial charge in [-0.05, 0) is 46.6 Å². The second-order valence-electron chi connectivity index (χ2n) is 6.58. The van der Waals surface area contributed by atoms with Crippen LogP contribution in [-0.4, -0.2) is 24.9 Å². The Balaban J connectivity index is 1.85. The molecule has 3 heteroatoms. The van der Waals surface area contributed by atoms with E-state index in [9.17, 15) is 0 Å². The van der Waals surface area contributed by atoms with E-state index in [4.69, 9.17) is 9.47 Å². The molecule has 1 saturated carbocycles. The maximum Gasteiger partial charge on any atom is 0.123 e. The van der Waals surface area contributed by atoms with Crippen LogP contribution in [-0.2, 0) is 11.3 Å². The van der Waals surface area contributed by atoms with Crippen LogP contribution < -0.4 is 10.1 Å². The summed E-state index contributed by atoms with van der Waals surface area (Å²) in [6.07, 6.45) is 2.61. The summed E-state index contributed by atoms with van der Waals surface area (Å²) in [5.74, 6) is 0.973. The summed E-state index contributed by atoms with van der Waals surface area (Å²) in [6.45, 7) is 10.4. The molecule has 0 radical (unpaired) electrons. The molecule has 1 aliphatic rings. The molecular formula is C17H27NO2. The molecule has 1 aliphatic carbocycles. The maximum atomic E-state index is 5.88. The van der Waals surface area contributed by atoms with Gasteiger partial charge in [0.1, 0.15) is 12.4 Å². The molecule has 1 N–H and O–H groups in total. The number of hydrogen-bond donors (Lipinski definition) is 1. The Morgan fingerprint density at radius 1 is 1.20 bits per heavy atom. The molecule has 0 unspecified atom stereocenters. The first-order valence-corrected chi connectivity index (χ1v) is 7.54. The summed E-state index contributed by atoms with van der Waals surface area (Å²) < 4.78 is 11.6.